The normalized spacial score (nSPS) is 16.7. The lowest BCUT2D eigenvalue weighted by atomic mass is 9.86. The van der Waals surface area contributed by atoms with Gasteiger partial charge in [-0.2, -0.15) is 0 Å². The molecular weight excluding hydrogens is 514 g/mol. The fourth-order valence-electron chi connectivity index (χ4n) is 5.58. The second-order valence-electron chi connectivity index (χ2n) is 12.4. The van der Waals surface area contributed by atoms with Crippen molar-refractivity contribution < 1.29 is 19.7 Å². The number of aromatic nitrogens is 1. The summed E-state index contributed by atoms with van der Waals surface area (Å²) in [5, 5.41) is 24.9. The van der Waals surface area contributed by atoms with E-state index in [1.807, 2.05) is 18.2 Å². The van der Waals surface area contributed by atoms with Crippen LogP contribution in [0.5, 0.6) is 5.88 Å². The molecule has 1 aliphatic rings. The zero-order valence-corrected chi connectivity index (χ0v) is 25.1. The summed E-state index contributed by atoms with van der Waals surface area (Å²) in [4.78, 5) is 18.0. The highest BCUT2D eigenvalue weighted by atomic mass is 16.5. The molecule has 4 rings (SSSR count). The maximum atomic E-state index is 11.2. The second kappa shape index (κ2) is 13.6. The van der Waals surface area contributed by atoms with Gasteiger partial charge in [-0.15, -0.1) is 0 Å². The molecule has 2 aromatic carbocycles. The van der Waals surface area contributed by atoms with E-state index in [0.717, 1.165) is 61.5 Å². The van der Waals surface area contributed by atoms with E-state index >= 15 is 0 Å². The van der Waals surface area contributed by atoms with Crippen LogP contribution in [0, 0.1) is 5.92 Å². The molecule has 1 aromatic heterocycles. The first-order valence-electron chi connectivity index (χ1n) is 14.7. The third-order valence-corrected chi connectivity index (χ3v) is 8.05. The van der Waals surface area contributed by atoms with Crippen molar-refractivity contribution in [1.82, 2.24) is 15.2 Å². The van der Waals surface area contributed by atoms with Crippen LogP contribution in [0.4, 0.5) is 0 Å². The van der Waals surface area contributed by atoms with Gasteiger partial charge in [-0.1, -0.05) is 64.1 Å². The molecule has 7 heteroatoms. The largest absolute Gasteiger partial charge is 0.481 e. The van der Waals surface area contributed by atoms with Gasteiger partial charge in [0.25, 0.3) is 0 Å². The number of benzene rings is 2. The molecule has 2 unspecified atom stereocenters. The number of likely N-dealkylation sites (tertiary alicyclic amines) is 1. The molecule has 0 amide bonds. The van der Waals surface area contributed by atoms with Crippen molar-refractivity contribution in [3.8, 4) is 5.88 Å². The molecule has 0 radical (unpaired) electrons. The number of carboxylic acids is 1. The van der Waals surface area contributed by atoms with Gasteiger partial charge in [0.1, 0.15) is 0 Å². The number of hydrogen-bond acceptors (Lipinski definition) is 6. The van der Waals surface area contributed by atoms with Crippen LogP contribution in [0.1, 0.15) is 68.9 Å². The summed E-state index contributed by atoms with van der Waals surface area (Å²) in [7, 11) is 1.56. The molecule has 0 saturated carbocycles. The summed E-state index contributed by atoms with van der Waals surface area (Å²) >= 11 is 0. The average molecular weight is 560 g/mol. The molecule has 41 heavy (non-hydrogen) atoms. The number of nitrogens with one attached hydrogen (secondary N) is 1. The highest BCUT2D eigenvalue weighted by molar-refractivity contribution is 5.94. The Hall–Kier alpha value is -3.26. The third-order valence-electron chi connectivity index (χ3n) is 8.05. The number of aliphatic hydroxyl groups excluding tert-OH is 1. The zero-order valence-electron chi connectivity index (χ0n) is 25.1. The number of ether oxygens (including phenoxy) is 1. The molecule has 0 spiro atoms. The Bertz CT molecular complexity index is 1340. The number of carboxylic acid groups (broad SMARTS) is 1. The summed E-state index contributed by atoms with van der Waals surface area (Å²) < 4.78 is 5.32. The van der Waals surface area contributed by atoms with Crippen LogP contribution in [0.3, 0.4) is 0 Å². The van der Waals surface area contributed by atoms with Crippen molar-refractivity contribution in [3.05, 3.63) is 76.9 Å². The van der Waals surface area contributed by atoms with Crippen LogP contribution < -0.4 is 10.1 Å². The van der Waals surface area contributed by atoms with E-state index < -0.39 is 12.1 Å². The fourth-order valence-corrected chi connectivity index (χ4v) is 5.58. The van der Waals surface area contributed by atoms with Crippen molar-refractivity contribution in [2.24, 2.45) is 5.92 Å². The summed E-state index contributed by atoms with van der Waals surface area (Å²) in [5.74, 6) is -0.00300. The number of β-amino-alcohol motifs (C(OH)–C–C–N with tert-alkyl or cyclic N) is 1. The van der Waals surface area contributed by atoms with E-state index in [1.165, 1.54) is 11.1 Å². The number of pyridine rings is 1. The first kappa shape index (κ1) is 30.7. The van der Waals surface area contributed by atoms with Gasteiger partial charge in [-0.05, 0) is 79.1 Å². The van der Waals surface area contributed by atoms with Gasteiger partial charge in [-0.3, -0.25) is 0 Å². The van der Waals surface area contributed by atoms with Crippen LogP contribution in [0.2, 0.25) is 0 Å². The maximum absolute atomic E-state index is 11.2. The first-order chi connectivity index (χ1) is 19.5. The SMILES string of the molecule is COc1ccc2c(/C=C/C(=O)O)ccc(C(O)CN3CCC(NCC(C)Cc4ccc(C(C)(C)C)cc4)CC3)c2n1. The van der Waals surface area contributed by atoms with Crippen LogP contribution >= 0.6 is 0 Å². The first-order valence-corrected chi connectivity index (χ1v) is 14.7. The van der Waals surface area contributed by atoms with Crippen molar-refractivity contribution in [2.75, 3.05) is 33.3 Å². The van der Waals surface area contributed by atoms with Crippen LogP contribution in [0.15, 0.2) is 54.6 Å². The Morgan fingerprint density at radius 1 is 1.12 bits per heavy atom. The predicted octanol–water partition coefficient (Wildman–Crippen LogP) is 5.60. The number of methoxy groups -OCH3 is 1. The van der Waals surface area contributed by atoms with Crippen molar-refractivity contribution in [2.45, 2.75) is 64.5 Å². The number of rotatable bonds is 11. The second-order valence-corrected chi connectivity index (χ2v) is 12.4. The molecule has 2 heterocycles. The molecular formula is C34H45N3O4. The molecule has 0 bridgehead atoms. The van der Waals surface area contributed by atoms with E-state index in [0.29, 0.717) is 29.9 Å². The summed E-state index contributed by atoms with van der Waals surface area (Å²) in [6.07, 6.45) is 5.11. The van der Waals surface area contributed by atoms with E-state index in [4.69, 9.17) is 9.84 Å². The smallest absolute Gasteiger partial charge is 0.328 e. The van der Waals surface area contributed by atoms with Gasteiger partial charge >= 0.3 is 5.97 Å². The third kappa shape index (κ3) is 8.38. The minimum Gasteiger partial charge on any atom is -0.481 e. The molecule has 3 N–H and O–H groups in total. The lowest BCUT2D eigenvalue weighted by Crippen LogP contribution is -2.44. The highest BCUT2D eigenvalue weighted by Gasteiger charge is 2.23. The number of aliphatic carboxylic acids is 1. The van der Waals surface area contributed by atoms with E-state index in [1.54, 1.807) is 19.3 Å². The molecule has 0 aliphatic carbocycles. The number of carbonyl (C=O) groups is 1. The molecule has 2 atom stereocenters. The number of piperidine rings is 1. The fraction of sp³-hybridized carbons (Fsp3) is 0.471. The van der Waals surface area contributed by atoms with Gasteiger partial charge in [0.15, 0.2) is 0 Å². The topological polar surface area (TPSA) is 94.9 Å². The van der Waals surface area contributed by atoms with Crippen molar-refractivity contribution >= 4 is 22.9 Å². The predicted molar refractivity (Wildman–Crippen MR) is 165 cm³/mol. The Kier molecular flexibility index (Phi) is 10.2. The standard InChI is InChI=1S/C34H45N3O4/c1-23(20-24-6-10-26(11-7-24)34(2,3)4)21-35-27-16-18-37(19-17-27)22-30(38)29-12-8-25(9-15-32(39)40)28-13-14-31(41-5)36-33(28)29/h6-15,23,27,30,35,38H,16-22H2,1-5H3,(H,39,40)/b15-9+. The quantitative estimate of drug-likeness (QED) is 0.263. The van der Waals surface area contributed by atoms with Crippen molar-refractivity contribution in [1.29, 1.82) is 0 Å². The van der Waals surface area contributed by atoms with Crippen molar-refractivity contribution in [3.63, 3.8) is 0 Å². The number of fused-ring (bicyclic) bond motifs is 1. The van der Waals surface area contributed by atoms with E-state index in [-0.39, 0.29) is 5.41 Å². The highest BCUT2D eigenvalue weighted by Crippen LogP contribution is 2.30. The molecule has 7 nitrogen and oxygen atoms in total. The molecule has 1 aliphatic heterocycles. The number of hydrogen-bond donors (Lipinski definition) is 3. The Morgan fingerprint density at radius 3 is 2.46 bits per heavy atom. The van der Waals surface area contributed by atoms with Gasteiger partial charge in [-0.25, -0.2) is 9.78 Å². The lowest BCUT2D eigenvalue weighted by Gasteiger charge is -2.34. The van der Waals surface area contributed by atoms with Gasteiger partial charge in [0.05, 0.1) is 18.7 Å². The molecule has 1 fully saturated rings. The van der Waals surface area contributed by atoms with Gasteiger partial charge in [0, 0.05) is 35.7 Å². The monoisotopic (exact) mass is 559 g/mol. The maximum Gasteiger partial charge on any atom is 0.328 e. The summed E-state index contributed by atoms with van der Waals surface area (Å²) in [6, 6.07) is 16.8. The van der Waals surface area contributed by atoms with Crippen LogP contribution in [-0.4, -0.2) is 65.4 Å². The Balaban J connectivity index is 1.30. The number of aliphatic hydroxyl groups is 1. The molecule has 220 valence electrons. The van der Waals surface area contributed by atoms with Crippen LogP contribution in [0.25, 0.3) is 17.0 Å². The minimum atomic E-state index is -1.01. The lowest BCUT2D eigenvalue weighted by molar-refractivity contribution is -0.131. The zero-order chi connectivity index (χ0) is 29.6. The van der Waals surface area contributed by atoms with E-state index in [2.05, 4.69) is 67.2 Å². The average Bonchev–Trinajstić information content (AvgIpc) is 2.94. The molecule has 1 saturated heterocycles. The van der Waals surface area contributed by atoms with Gasteiger partial charge < -0.3 is 25.2 Å². The molecule has 3 aromatic rings. The minimum absolute atomic E-state index is 0.181. The summed E-state index contributed by atoms with van der Waals surface area (Å²) in [6.45, 7) is 12.4. The van der Waals surface area contributed by atoms with E-state index in [9.17, 15) is 9.90 Å². The van der Waals surface area contributed by atoms with Crippen LogP contribution in [-0.2, 0) is 16.6 Å². The Morgan fingerprint density at radius 2 is 1.83 bits per heavy atom. The van der Waals surface area contributed by atoms with Gasteiger partial charge in [0.2, 0.25) is 5.88 Å². The summed E-state index contributed by atoms with van der Waals surface area (Å²) in [5.41, 5.74) is 5.02. The number of nitrogens with zero attached hydrogens (tertiary/aromatic N) is 2. The Labute approximate surface area is 244 Å².